The summed E-state index contributed by atoms with van der Waals surface area (Å²) in [5.41, 5.74) is 2.18. The maximum Gasteiger partial charge on any atom is 0.235 e. The van der Waals surface area contributed by atoms with Crippen LogP contribution in [0, 0.1) is 0 Å². The molecule has 1 aliphatic heterocycles. The molecule has 3 N–H and O–H groups in total. The van der Waals surface area contributed by atoms with Crippen LogP contribution in [0.2, 0.25) is 0 Å². The lowest BCUT2D eigenvalue weighted by Gasteiger charge is -2.26. The van der Waals surface area contributed by atoms with Gasteiger partial charge in [0.25, 0.3) is 0 Å². The van der Waals surface area contributed by atoms with Crippen molar-refractivity contribution in [2.45, 2.75) is 25.8 Å². The molecule has 0 saturated carbocycles. The van der Waals surface area contributed by atoms with Crippen LogP contribution in [0.3, 0.4) is 0 Å². The van der Waals surface area contributed by atoms with Gasteiger partial charge in [-0.25, -0.2) is 5.84 Å². The molecule has 82 valence electrons. The molecule has 14 heavy (non-hydrogen) atoms. The first-order chi connectivity index (χ1) is 6.74. The monoisotopic (exact) mass is 217 g/mol. The predicted octanol–water partition coefficient (Wildman–Crippen LogP) is 0.194. The third-order valence-electron chi connectivity index (χ3n) is 2.52. The van der Waals surface area contributed by atoms with E-state index in [1.807, 2.05) is 11.8 Å². The zero-order chi connectivity index (χ0) is 10.4. The van der Waals surface area contributed by atoms with Crippen LogP contribution < -0.4 is 11.3 Å². The van der Waals surface area contributed by atoms with Gasteiger partial charge in [-0.15, -0.1) is 0 Å². The lowest BCUT2D eigenvalue weighted by molar-refractivity contribution is -0.122. The van der Waals surface area contributed by atoms with Crippen LogP contribution in [-0.2, 0) is 4.79 Å². The molecule has 0 aromatic carbocycles. The van der Waals surface area contributed by atoms with Crippen molar-refractivity contribution in [3.8, 4) is 0 Å². The summed E-state index contributed by atoms with van der Waals surface area (Å²) in [6.45, 7) is 4.28. The van der Waals surface area contributed by atoms with Gasteiger partial charge in [0.05, 0.1) is 0 Å². The maximum absolute atomic E-state index is 11.1. The number of hydrogen-bond donors (Lipinski definition) is 2. The van der Waals surface area contributed by atoms with E-state index >= 15 is 0 Å². The van der Waals surface area contributed by atoms with Crippen LogP contribution >= 0.6 is 11.8 Å². The molecule has 1 fully saturated rings. The van der Waals surface area contributed by atoms with Gasteiger partial charge in [-0.3, -0.25) is 15.1 Å². The predicted molar refractivity (Wildman–Crippen MR) is 59.9 cm³/mol. The number of nitrogens with two attached hydrogens (primary N) is 1. The fourth-order valence-electron chi connectivity index (χ4n) is 1.66. The lowest BCUT2D eigenvalue weighted by Crippen LogP contribution is -2.40. The van der Waals surface area contributed by atoms with Crippen LogP contribution in [0.4, 0.5) is 0 Å². The molecule has 1 atom stereocenters. The van der Waals surface area contributed by atoms with Crippen molar-refractivity contribution < 1.29 is 4.79 Å². The van der Waals surface area contributed by atoms with Crippen molar-refractivity contribution >= 4 is 17.7 Å². The van der Waals surface area contributed by atoms with Gasteiger partial charge in [-0.2, -0.15) is 11.8 Å². The number of hydrazine groups is 1. The second-order valence-corrected chi connectivity index (χ2v) is 4.85. The molecule has 1 unspecified atom stereocenters. The summed E-state index contributed by atoms with van der Waals surface area (Å²) in [5, 5.41) is 0. The SMILES string of the molecule is CC(CC(=O)NN)N1CCCSCC1. The first-order valence-electron chi connectivity index (χ1n) is 5.05. The van der Waals surface area contributed by atoms with Crippen LogP contribution in [0.1, 0.15) is 19.8 Å². The van der Waals surface area contributed by atoms with Crippen molar-refractivity contribution in [1.29, 1.82) is 0 Å². The molecular weight excluding hydrogens is 198 g/mol. The average Bonchev–Trinajstić information content (AvgIpc) is 2.45. The van der Waals surface area contributed by atoms with Gasteiger partial charge in [0, 0.05) is 24.8 Å². The molecule has 1 saturated heterocycles. The molecule has 0 spiro atoms. The summed E-state index contributed by atoms with van der Waals surface area (Å²) in [7, 11) is 0. The molecule has 0 aromatic heterocycles. The number of rotatable bonds is 3. The van der Waals surface area contributed by atoms with E-state index in [0.717, 1.165) is 13.1 Å². The quantitative estimate of drug-likeness (QED) is 0.403. The van der Waals surface area contributed by atoms with E-state index < -0.39 is 0 Å². The molecule has 1 heterocycles. The van der Waals surface area contributed by atoms with Crippen molar-refractivity contribution in [3.05, 3.63) is 0 Å². The molecule has 0 radical (unpaired) electrons. The highest BCUT2D eigenvalue weighted by Gasteiger charge is 2.17. The van der Waals surface area contributed by atoms with E-state index in [2.05, 4.69) is 17.2 Å². The number of thioether (sulfide) groups is 1. The van der Waals surface area contributed by atoms with Crippen molar-refractivity contribution in [2.75, 3.05) is 24.6 Å². The largest absolute Gasteiger partial charge is 0.299 e. The standard InChI is InChI=1S/C9H19N3OS/c1-8(7-9(13)11-10)12-3-2-5-14-6-4-12/h8H,2-7,10H2,1H3,(H,11,13). The molecule has 0 aromatic rings. The highest BCUT2D eigenvalue weighted by atomic mass is 32.2. The number of amides is 1. The van der Waals surface area contributed by atoms with E-state index in [1.54, 1.807) is 0 Å². The van der Waals surface area contributed by atoms with Crippen LogP contribution in [0.15, 0.2) is 0 Å². The molecule has 0 bridgehead atoms. The molecule has 1 amide bonds. The number of carbonyl (C=O) groups is 1. The zero-order valence-corrected chi connectivity index (χ0v) is 9.48. The number of hydrogen-bond acceptors (Lipinski definition) is 4. The number of carbonyl (C=O) groups excluding carboxylic acids is 1. The Kier molecular flexibility index (Phi) is 5.29. The highest BCUT2D eigenvalue weighted by Crippen LogP contribution is 2.13. The molecule has 1 rings (SSSR count). The van der Waals surface area contributed by atoms with Gasteiger partial charge in [0.1, 0.15) is 0 Å². The van der Waals surface area contributed by atoms with E-state index in [4.69, 9.17) is 5.84 Å². The van der Waals surface area contributed by atoms with Gasteiger partial charge < -0.3 is 0 Å². The zero-order valence-electron chi connectivity index (χ0n) is 8.66. The molecule has 1 aliphatic rings. The Morgan fingerprint density at radius 1 is 1.57 bits per heavy atom. The summed E-state index contributed by atoms with van der Waals surface area (Å²) in [4.78, 5) is 13.5. The fraction of sp³-hybridized carbons (Fsp3) is 0.889. The summed E-state index contributed by atoms with van der Waals surface area (Å²) in [5.74, 6) is 7.40. The number of nitrogens with zero attached hydrogens (tertiary/aromatic N) is 1. The van der Waals surface area contributed by atoms with Gasteiger partial charge >= 0.3 is 0 Å². The lowest BCUT2D eigenvalue weighted by atomic mass is 10.2. The summed E-state index contributed by atoms with van der Waals surface area (Å²) >= 11 is 1.99. The Morgan fingerprint density at radius 2 is 2.36 bits per heavy atom. The number of nitrogens with one attached hydrogen (secondary N) is 1. The Balaban J connectivity index is 2.33. The highest BCUT2D eigenvalue weighted by molar-refractivity contribution is 7.99. The fourth-order valence-corrected chi connectivity index (χ4v) is 2.56. The Bertz CT molecular complexity index is 181. The first kappa shape index (κ1) is 11.8. The van der Waals surface area contributed by atoms with E-state index in [-0.39, 0.29) is 5.91 Å². The molecule has 0 aliphatic carbocycles. The van der Waals surface area contributed by atoms with Crippen LogP contribution in [-0.4, -0.2) is 41.4 Å². The second kappa shape index (κ2) is 6.27. The second-order valence-electron chi connectivity index (χ2n) is 3.62. The van der Waals surface area contributed by atoms with Crippen LogP contribution in [0.25, 0.3) is 0 Å². The van der Waals surface area contributed by atoms with Crippen molar-refractivity contribution in [3.63, 3.8) is 0 Å². The third-order valence-corrected chi connectivity index (χ3v) is 3.57. The van der Waals surface area contributed by atoms with Gasteiger partial charge in [-0.05, 0) is 25.6 Å². The first-order valence-corrected chi connectivity index (χ1v) is 6.20. The van der Waals surface area contributed by atoms with Crippen LogP contribution in [0.5, 0.6) is 0 Å². The minimum absolute atomic E-state index is 0.0746. The van der Waals surface area contributed by atoms with Gasteiger partial charge in [0.15, 0.2) is 0 Å². The smallest absolute Gasteiger partial charge is 0.235 e. The molecule has 5 heteroatoms. The molecular formula is C9H19N3OS. The average molecular weight is 217 g/mol. The normalized spacial score (nSPS) is 21.3. The summed E-state index contributed by atoms with van der Waals surface area (Å²) in [6.07, 6.45) is 1.72. The third kappa shape index (κ3) is 3.86. The maximum atomic E-state index is 11.1. The van der Waals surface area contributed by atoms with Gasteiger partial charge in [0.2, 0.25) is 5.91 Å². The van der Waals surface area contributed by atoms with Crippen molar-refractivity contribution in [2.24, 2.45) is 5.84 Å². The minimum Gasteiger partial charge on any atom is -0.299 e. The van der Waals surface area contributed by atoms with Gasteiger partial charge in [-0.1, -0.05) is 0 Å². The summed E-state index contributed by atoms with van der Waals surface area (Å²) < 4.78 is 0. The topological polar surface area (TPSA) is 58.4 Å². The Hall–Kier alpha value is -0.260. The van der Waals surface area contributed by atoms with E-state index in [0.29, 0.717) is 12.5 Å². The van der Waals surface area contributed by atoms with E-state index in [1.165, 1.54) is 17.9 Å². The van der Waals surface area contributed by atoms with Crippen molar-refractivity contribution in [1.82, 2.24) is 10.3 Å². The molecule has 4 nitrogen and oxygen atoms in total. The Labute approximate surface area is 89.6 Å². The minimum atomic E-state index is -0.0746. The Morgan fingerprint density at radius 3 is 3.07 bits per heavy atom. The van der Waals surface area contributed by atoms with E-state index in [9.17, 15) is 4.79 Å². The summed E-state index contributed by atoms with van der Waals surface area (Å²) in [6, 6.07) is 0.303.